The summed E-state index contributed by atoms with van der Waals surface area (Å²) < 4.78 is 5.70. The number of hydrogen-bond acceptors (Lipinski definition) is 2. The van der Waals surface area contributed by atoms with Crippen LogP contribution in [0.3, 0.4) is 0 Å². The maximum Gasteiger partial charge on any atom is 0.415 e. The Balaban J connectivity index is 1.77. The Bertz CT molecular complexity index is 345. The van der Waals surface area contributed by atoms with E-state index in [0.29, 0.717) is 0 Å². The van der Waals surface area contributed by atoms with Gasteiger partial charge in [0.05, 0.1) is 5.70 Å². The smallest absolute Gasteiger partial charge is 0.415 e. The average molecular weight is 279 g/mol. The lowest BCUT2D eigenvalue weighted by Crippen LogP contribution is -2.34. The number of hydrogen-bond donors (Lipinski definition) is 0. The topological polar surface area (TPSA) is 29.5 Å². The number of ether oxygens (including phenoxy) is 1. The Morgan fingerprint density at radius 3 is 2.45 bits per heavy atom. The van der Waals surface area contributed by atoms with Gasteiger partial charge in [0.1, 0.15) is 0 Å². The van der Waals surface area contributed by atoms with Crippen molar-refractivity contribution in [2.24, 2.45) is 0 Å². The van der Waals surface area contributed by atoms with E-state index < -0.39 is 0 Å². The van der Waals surface area contributed by atoms with E-state index >= 15 is 0 Å². The van der Waals surface area contributed by atoms with Gasteiger partial charge < -0.3 is 4.74 Å². The molecule has 2 fully saturated rings. The van der Waals surface area contributed by atoms with E-state index in [9.17, 15) is 4.79 Å². The third kappa shape index (κ3) is 3.36. The molecule has 0 bridgehead atoms. The van der Waals surface area contributed by atoms with Gasteiger partial charge in [-0.05, 0) is 32.1 Å². The fourth-order valence-corrected chi connectivity index (χ4v) is 3.43. The number of amides is 1. The molecule has 20 heavy (non-hydrogen) atoms. The van der Waals surface area contributed by atoms with Crippen molar-refractivity contribution in [3.05, 3.63) is 12.3 Å². The molecule has 0 N–H and O–H groups in total. The van der Waals surface area contributed by atoms with Crippen LogP contribution < -0.4 is 0 Å². The lowest BCUT2D eigenvalue weighted by molar-refractivity contribution is 0.0401. The van der Waals surface area contributed by atoms with Crippen LogP contribution in [0.15, 0.2) is 12.3 Å². The number of carbonyl (C=O) groups excluding carboxylic acids is 1. The van der Waals surface area contributed by atoms with Gasteiger partial charge in [-0.15, -0.1) is 0 Å². The monoisotopic (exact) mass is 279 g/mol. The molecule has 3 nitrogen and oxygen atoms in total. The Kier molecular flexibility index (Phi) is 5.50. The summed E-state index contributed by atoms with van der Waals surface area (Å²) in [5, 5.41) is 0. The molecule has 1 saturated carbocycles. The fraction of sp³-hybridized carbons (Fsp3) is 0.824. The number of carbonyl (C=O) groups is 1. The van der Waals surface area contributed by atoms with E-state index in [1.165, 1.54) is 38.5 Å². The molecule has 0 unspecified atom stereocenters. The Hall–Kier alpha value is -0.990. The summed E-state index contributed by atoms with van der Waals surface area (Å²) in [6, 6.07) is 0. The first-order chi connectivity index (χ1) is 9.69. The molecule has 2 aliphatic rings. The highest BCUT2D eigenvalue weighted by molar-refractivity contribution is 5.74. The van der Waals surface area contributed by atoms with Crippen LogP contribution in [-0.2, 0) is 4.74 Å². The molecular weight excluding hydrogens is 250 g/mol. The Morgan fingerprint density at radius 2 is 1.75 bits per heavy atom. The molecule has 0 aromatic carbocycles. The second-order valence-electron chi connectivity index (χ2n) is 6.29. The van der Waals surface area contributed by atoms with Crippen LogP contribution in [0.2, 0.25) is 0 Å². The highest BCUT2D eigenvalue weighted by Gasteiger charge is 2.48. The molecule has 1 heterocycles. The summed E-state index contributed by atoms with van der Waals surface area (Å²) in [7, 11) is 0. The van der Waals surface area contributed by atoms with Crippen LogP contribution in [0.5, 0.6) is 0 Å². The van der Waals surface area contributed by atoms with Crippen molar-refractivity contribution in [3.8, 4) is 0 Å². The lowest BCUT2D eigenvalue weighted by Gasteiger charge is -2.32. The maximum atomic E-state index is 12.1. The van der Waals surface area contributed by atoms with Gasteiger partial charge in [-0.3, -0.25) is 4.90 Å². The number of unbranched alkanes of at least 4 members (excludes halogenated alkanes) is 5. The summed E-state index contributed by atoms with van der Waals surface area (Å²) in [6.07, 6.45) is 12.8. The fourth-order valence-electron chi connectivity index (χ4n) is 3.43. The van der Waals surface area contributed by atoms with Crippen molar-refractivity contribution in [1.29, 1.82) is 0 Å². The predicted octanol–water partition coefficient (Wildman–Crippen LogP) is 5.02. The zero-order valence-corrected chi connectivity index (χ0v) is 13.0. The number of rotatable bonds is 7. The van der Waals surface area contributed by atoms with Gasteiger partial charge in [0.2, 0.25) is 0 Å². The third-order valence-electron chi connectivity index (χ3n) is 4.75. The largest absolute Gasteiger partial charge is 0.436 e. The quantitative estimate of drug-likeness (QED) is 0.613. The van der Waals surface area contributed by atoms with Crippen LogP contribution >= 0.6 is 0 Å². The van der Waals surface area contributed by atoms with Gasteiger partial charge in [-0.25, -0.2) is 4.79 Å². The van der Waals surface area contributed by atoms with Crippen molar-refractivity contribution in [2.75, 3.05) is 6.54 Å². The van der Waals surface area contributed by atoms with Crippen LogP contribution in [0.1, 0.15) is 77.6 Å². The van der Waals surface area contributed by atoms with Gasteiger partial charge in [0, 0.05) is 6.54 Å². The predicted molar refractivity (Wildman–Crippen MR) is 81.5 cm³/mol. The molecule has 3 heteroatoms. The average Bonchev–Trinajstić information content (AvgIpc) is 2.67. The minimum absolute atomic E-state index is 0.162. The van der Waals surface area contributed by atoms with Crippen molar-refractivity contribution < 1.29 is 9.53 Å². The first-order valence-electron chi connectivity index (χ1n) is 8.39. The minimum atomic E-state index is -0.350. The Labute approximate surface area is 123 Å². The first-order valence-corrected chi connectivity index (χ1v) is 8.39. The molecule has 1 amide bonds. The molecule has 0 atom stereocenters. The van der Waals surface area contributed by atoms with E-state index in [2.05, 4.69) is 13.5 Å². The van der Waals surface area contributed by atoms with Gasteiger partial charge in [0.25, 0.3) is 0 Å². The van der Waals surface area contributed by atoms with E-state index in [1.54, 1.807) is 4.90 Å². The van der Waals surface area contributed by atoms with Gasteiger partial charge in [0.15, 0.2) is 5.60 Å². The summed E-state index contributed by atoms with van der Waals surface area (Å²) in [4.78, 5) is 13.9. The molecule has 1 aliphatic carbocycles. The molecule has 1 saturated heterocycles. The van der Waals surface area contributed by atoms with E-state index in [-0.39, 0.29) is 11.7 Å². The van der Waals surface area contributed by atoms with Crippen molar-refractivity contribution in [3.63, 3.8) is 0 Å². The first kappa shape index (κ1) is 15.4. The maximum absolute atomic E-state index is 12.1. The van der Waals surface area contributed by atoms with Gasteiger partial charge in [-0.2, -0.15) is 0 Å². The second-order valence-corrected chi connectivity index (χ2v) is 6.29. The van der Waals surface area contributed by atoms with Crippen LogP contribution in [0.25, 0.3) is 0 Å². The van der Waals surface area contributed by atoms with Crippen LogP contribution in [0.4, 0.5) is 4.79 Å². The van der Waals surface area contributed by atoms with Crippen molar-refractivity contribution in [2.45, 2.75) is 83.2 Å². The lowest BCUT2D eigenvalue weighted by atomic mass is 9.83. The molecule has 0 radical (unpaired) electrons. The van der Waals surface area contributed by atoms with E-state index in [4.69, 9.17) is 4.74 Å². The molecule has 0 aromatic heterocycles. The van der Waals surface area contributed by atoms with E-state index in [1.807, 2.05) is 0 Å². The van der Waals surface area contributed by atoms with E-state index in [0.717, 1.165) is 44.3 Å². The van der Waals surface area contributed by atoms with Crippen molar-refractivity contribution in [1.82, 2.24) is 4.90 Å². The molecule has 1 aliphatic heterocycles. The summed E-state index contributed by atoms with van der Waals surface area (Å²) in [5.74, 6) is 0. The molecule has 114 valence electrons. The van der Waals surface area contributed by atoms with Crippen molar-refractivity contribution >= 4 is 6.09 Å². The zero-order chi connectivity index (χ0) is 14.4. The summed E-state index contributed by atoms with van der Waals surface area (Å²) in [6.45, 7) is 7.18. The highest BCUT2D eigenvalue weighted by Crippen LogP contribution is 2.43. The van der Waals surface area contributed by atoms with Gasteiger partial charge >= 0.3 is 6.09 Å². The summed E-state index contributed by atoms with van der Waals surface area (Å²) in [5.41, 5.74) is 0.577. The minimum Gasteiger partial charge on any atom is -0.436 e. The summed E-state index contributed by atoms with van der Waals surface area (Å²) >= 11 is 0. The highest BCUT2D eigenvalue weighted by atomic mass is 16.6. The molecular formula is C17H29NO2. The number of nitrogens with zero attached hydrogens (tertiary/aromatic N) is 1. The third-order valence-corrected chi connectivity index (χ3v) is 4.75. The van der Waals surface area contributed by atoms with Gasteiger partial charge in [-0.1, -0.05) is 52.0 Å². The SMILES string of the molecule is C=C1N(CCCCCCCC)C(=O)OC12CCCCC2. The molecule has 2 rings (SSSR count). The standard InChI is InChI=1S/C17H29NO2/c1-3-4-5-6-7-11-14-18-15(2)17(20-16(18)19)12-9-8-10-13-17/h2-14H2,1H3. The zero-order valence-electron chi connectivity index (χ0n) is 13.0. The van der Waals surface area contributed by atoms with Crippen LogP contribution in [0, 0.1) is 0 Å². The van der Waals surface area contributed by atoms with Crippen LogP contribution in [-0.4, -0.2) is 23.1 Å². The second kappa shape index (κ2) is 7.14. The normalized spacial score (nSPS) is 21.6. The molecule has 0 aromatic rings. The Morgan fingerprint density at radius 1 is 1.10 bits per heavy atom. The molecule has 1 spiro atoms.